The number of carbonyl (C=O) groups is 3. The molecule has 0 radical (unpaired) electrons. The SMILES string of the molecule is Cc1ccc(NC(=O)[C@@H]2[C@@H]3C=C[C@]4(O3)[C@@H]2C(=O)N(CCCN2CCC[C@@H](C)C2)[C@H]4C(=O)NC2CCCCC2)cc1. The standard InChI is InChI=1S/C32H44N4O4/c1-21-11-13-24(14-12-21)33-29(37)26-25-15-16-32(40-25)27(26)31(39)36(19-7-18-35-17-6-8-22(2)20-35)28(32)30(38)34-23-9-4-3-5-10-23/h11-16,22-23,25-28H,3-10,17-20H2,1-2H3,(H,33,37)(H,34,38)/t22-,25+,26-,27+,28+,32+/m1/s1. The van der Waals surface area contributed by atoms with E-state index < -0.39 is 29.6 Å². The summed E-state index contributed by atoms with van der Waals surface area (Å²) in [5, 5.41) is 6.29. The zero-order valence-electron chi connectivity index (χ0n) is 23.9. The van der Waals surface area contributed by atoms with Crippen molar-refractivity contribution >= 4 is 23.4 Å². The molecule has 5 aliphatic rings. The summed E-state index contributed by atoms with van der Waals surface area (Å²) in [6.45, 7) is 7.86. The Morgan fingerprint density at radius 2 is 1.80 bits per heavy atom. The molecule has 1 aromatic rings. The third kappa shape index (κ3) is 5.09. The Hall–Kier alpha value is -2.71. The van der Waals surface area contributed by atoms with E-state index in [-0.39, 0.29) is 23.8 Å². The summed E-state index contributed by atoms with van der Waals surface area (Å²) in [6.07, 6.45) is 11.9. The Bertz CT molecular complexity index is 1150. The second-order valence-corrected chi connectivity index (χ2v) is 12.8. The Balaban J connectivity index is 1.23. The van der Waals surface area contributed by atoms with Gasteiger partial charge in [0, 0.05) is 24.8 Å². The summed E-state index contributed by atoms with van der Waals surface area (Å²) < 4.78 is 6.50. The van der Waals surface area contributed by atoms with E-state index in [2.05, 4.69) is 22.5 Å². The van der Waals surface area contributed by atoms with Crippen molar-refractivity contribution in [2.75, 3.05) is 31.5 Å². The lowest BCUT2D eigenvalue weighted by atomic mass is 9.74. The monoisotopic (exact) mass is 548 g/mol. The number of nitrogens with zero attached hydrogens (tertiary/aromatic N) is 2. The minimum Gasteiger partial charge on any atom is -0.359 e. The molecule has 8 heteroatoms. The Labute approximate surface area is 237 Å². The maximum atomic E-state index is 14.2. The minimum atomic E-state index is -1.10. The quantitative estimate of drug-likeness (QED) is 0.484. The molecule has 4 heterocycles. The molecule has 4 fully saturated rings. The fourth-order valence-electron chi connectivity index (χ4n) is 7.85. The van der Waals surface area contributed by atoms with E-state index in [9.17, 15) is 14.4 Å². The second-order valence-electron chi connectivity index (χ2n) is 12.8. The van der Waals surface area contributed by atoms with Gasteiger partial charge in [0.05, 0.1) is 17.9 Å². The fraction of sp³-hybridized carbons (Fsp3) is 0.656. The summed E-state index contributed by atoms with van der Waals surface area (Å²) in [5.74, 6) is -1.18. The van der Waals surface area contributed by atoms with Crippen LogP contribution in [-0.4, -0.2) is 77.5 Å². The summed E-state index contributed by atoms with van der Waals surface area (Å²) in [7, 11) is 0. The summed E-state index contributed by atoms with van der Waals surface area (Å²) in [5.41, 5.74) is 0.701. The van der Waals surface area contributed by atoms with Crippen LogP contribution in [0.2, 0.25) is 0 Å². The van der Waals surface area contributed by atoms with Crippen molar-refractivity contribution in [2.45, 2.75) is 89.0 Å². The molecule has 6 atom stereocenters. The first kappa shape index (κ1) is 27.5. The average Bonchev–Trinajstić information content (AvgIpc) is 3.58. The largest absolute Gasteiger partial charge is 0.359 e. The van der Waals surface area contributed by atoms with Crippen LogP contribution in [0.5, 0.6) is 0 Å². The van der Waals surface area contributed by atoms with Gasteiger partial charge in [0.1, 0.15) is 11.6 Å². The van der Waals surface area contributed by atoms with Crippen molar-refractivity contribution in [1.29, 1.82) is 0 Å². The number of hydrogen-bond acceptors (Lipinski definition) is 5. The number of aryl methyl sites for hydroxylation is 1. The van der Waals surface area contributed by atoms with Crippen molar-refractivity contribution in [3.05, 3.63) is 42.0 Å². The van der Waals surface area contributed by atoms with E-state index in [0.717, 1.165) is 57.3 Å². The van der Waals surface area contributed by atoms with Crippen molar-refractivity contribution in [3.8, 4) is 0 Å². The Morgan fingerprint density at radius 3 is 2.55 bits per heavy atom. The van der Waals surface area contributed by atoms with Crippen LogP contribution in [0, 0.1) is 24.7 Å². The highest BCUT2D eigenvalue weighted by molar-refractivity contribution is 6.02. The lowest BCUT2D eigenvalue weighted by Gasteiger charge is -2.35. The predicted octanol–water partition coefficient (Wildman–Crippen LogP) is 3.66. The molecule has 1 aliphatic carbocycles. The molecule has 4 aliphatic heterocycles. The van der Waals surface area contributed by atoms with Crippen LogP contribution in [0.15, 0.2) is 36.4 Å². The fourth-order valence-corrected chi connectivity index (χ4v) is 7.85. The number of carbonyl (C=O) groups excluding carboxylic acids is 3. The van der Waals surface area contributed by atoms with Crippen molar-refractivity contribution in [3.63, 3.8) is 0 Å². The van der Waals surface area contributed by atoms with Gasteiger partial charge in [-0.25, -0.2) is 0 Å². The van der Waals surface area contributed by atoms with Crippen molar-refractivity contribution < 1.29 is 19.1 Å². The highest BCUT2D eigenvalue weighted by Crippen LogP contribution is 2.55. The first-order chi connectivity index (χ1) is 19.4. The average molecular weight is 549 g/mol. The lowest BCUT2D eigenvalue weighted by Crippen LogP contribution is -2.56. The molecule has 2 N–H and O–H groups in total. The van der Waals surface area contributed by atoms with Gasteiger partial charge in [-0.1, -0.05) is 56.0 Å². The highest BCUT2D eigenvalue weighted by atomic mass is 16.5. The summed E-state index contributed by atoms with van der Waals surface area (Å²) in [4.78, 5) is 46.0. The molecule has 1 spiro atoms. The van der Waals surface area contributed by atoms with Gasteiger partial charge in [-0.15, -0.1) is 0 Å². The number of rotatable bonds is 8. The topological polar surface area (TPSA) is 91.0 Å². The van der Waals surface area contributed by atoms with E-state index in [1.54, 1.807) is 4.90 Å². The van der Waals surface area contributed by atoms with Crippen LogP contribution in [0.3, 0.4) is 0 Å². The van der Waals surface area contributed by atoms with Crippen LogP contribution in [0.4, 0.5) is 5.69 Å². The van der Waals surface area contributed by atoms with Gasteiger partial charge in [0.15, 0.2) is 0 Å². The zero-order chi connectivity index (χ0) is 27.9. The number of nitrogens with one attached hydrogen (secondary N) is 2. The van der Waals surface area contributed by atoms with Gasteiger partial charge >= 0.3 is 0 Å². The zero-order valence-corrected chi connectivity index (χ0v) is 23.9. The van der Waals surface area contributed by atoms with E-state index in [1.807, 2.05) is 43.3 Å². The number of fused-ring (bicyclic) bond motifs is 1. The van der Waals surface area contributed by atoms with Gasteiger partial charge in [-0.05, 0) is 70.2 Å². The molecular weight excluding hydrogens is 504 g/mol. The Morgan fingerprint density at radius 1 is 1.02 bits per heavy atom. The van der Waals surface area contributed by atoms with E-state index in [1.165, 1.54) is 19.3 Å². The second kappa shape index (κ2) is 11.3. The molecule has 40 heavy (non-hydrogen) atoms. The van der Waals surface area contributed by atoms with Crippen molar-refractivity contribution in [1.82, 2.24) is 15.1 Å². The maximum Gasteiger partial charge on any atom is 0.246 e. The molecule has 1 saturated carbocycles. The molecule has 3 amide bonds. The third-order valence-electron chi connectivity index (χ3n) is 9.81. The summed E-state index contributed by atoms with van der Waals surface area (Å²) in [6, 6.07) is 7.02. The molecular formula is C32H44N4O4. The van der Waals surface area contributed by atoms with Crippen LogP contribution >= 0.6 is 0 Å². The van der Waals surface area contributed by atoms with E-state index in [4.69, 9.17) is 4.74 Å². The first-order valence-electron chi connectivity index (χ1n) is 15.4. The van der Waals surface area contributed by atoms with Crippen molar-refractivity contribution in [2.24, 2.45) is 17.8 Å². The van der Waals surface area contributed by atoms with Crippen LogP contribution in [0.1, 0.15) is 63.9 Å². The number of benzene rings is 1. The van der Waals surface area contributed by atoms with Gasteiger partial charge < -0.3 is 25.2 Å². The van der Waals surface area contributed by atoms with E-state index in [0.29, 0.717) is 18.2 Å². The number of hydrogen-bond donors (Lipinski definition) is 2. The molecule has 8 nitrogen and oxygen atoms in total. The molecule has 216 valence electrons. The normalized spacial score (nSPS) is 33.8. The molecule has 0 aromatic heterocycles. The van der Waals surface area contributed by atoms with Gasteiger partial charge in [-0.2, -0.15) is 0 Å². The lowest BCUT2D eigenvalue weighted by molar-refractivity contribution is -0.141. The third-order valence-corrected chi connectivity index (χ3v) is 9.81. The first-order valence-corrected chi connectivity index (χ1v) is 15.4. The number of anilines is 1. The molecule has 2 bridgehead atoms. The van der Waals surface area contributed by atoms with Crippen LogP contribution < -0.4 is 10.6 Å². The van der Waals surface area contributed by atoms with E-state index >= 15 is 0 Å². The number of amides is 3. The molecule has 6 rings (SSSR count). The number of piperidine rings is 1. The van der Waals surface area contributed by atoms with Gasteiger partial charge in [0.25, 0.3) is 0 Å². The summed E-state index contributed by atoms with van der Waals surface area (Å²) >= 11 is 0. The highest BCUT2D eigenvalue weighted by Gasteiger charge is 2.72. The molecule has 3 saturated heterocycles. The van der Waals surface area contributed by atoms with Crippen LogP contribution in [0.25, 0.3) is 0 Å². The molecule has 0 unspecified atom stereocenters. The maximum absolute atomic E-state index is 14.2. The smallest absolute Gasteiger partial charge is 0.246 e. The van der Waals surface area contributed by atoms with Crippen LogP contribution in [-0.2, 0) is 19.1 Å². The predicted molar refractivity (Wildman–Crippen MR) is 154 cm³/mol. The number of ether oxygens (including phenoxy) is 1. The van der Waals surface area contributed by atoms with Gasteiger partial charge in [0.2, 0.25) is 17.7 Å². The van der Waals surface area contributed by atoms with Gasteiger partial charge in [-0.3, -0.25) is 14.4 Å². The Kier molecular flexibility index (Phi) is 7.75. The minimum absolute atomic E-state index is 0.131. The molecule has 1 aromatic carbocycles. The number of likely N-dealkylation sites (tertiary alicyclic amines) is 2.